The lowest BCUT2D eigenvalue weighted by Gasteiger charge is -2.17. The molecule has 98 valence electrons. The highest BCUT2D eigenvalue weighted by Crippen LogP contribution is 2.33. The maximum Gasteiger partial charge on any atom is 0.224 e. The predicted octanol–water partition coefficient (Wildman–Crippen LogP) is 1.21. The molecule has 0 spiro atoms. The topological polar surface area (TPSA) is 69.6 Å². The second-order valence-corrected chi connectivity index (χ2v) is 4.87. The largest absolute Gasteiger partial charge is 0.508 e. The minimum atomic E-state index is -0.0500. The van der Waals surface area contributed by atoms with Gasteiger partial charge in [-0.2, -0.15) is 0 Å². The Hall–Kier alpha value is -1.55. The first-order chi connectivity index (χ1) is 8.69. The Morgan fingerprint density at radius 2 is 2.22 bits per heavy atom. The molecule has 0 saturated heterocycles. The molecule has 0 heterocycles. The van der Waals surface area contributed by atoms with E-state index in [1.165, 1.54) is 0 Å². The summed E-state index contributed by atoms with van der Waals surface area (Å²) < 4.78 is 0. The van der Waals surface area contributed by atoms with Gasteiger partial charge in [0.2, 0.25) is 5.91 Å². The zero-order chi connectivity index (χ0) is 13.0. The van der Waals surface area contributed by atoms with Gasteiger partial charge in [-0.3, -0.25) is 4.79 Å². The van der Waals surface area contributed by atoms with Gasteiger partial charge in [0.05, 0.1) is 6.42 Å². The number of phenolic OH excluding ortho intramolecular Hbond substituents is 1. The van der Waals surface area contributed by atoms with Crippen molar-refractivity contribution < 1.29 is 15.0 Å². The number of benzene rings is 1. The zero-order valence-corrected chi connectivity index (χ0v) is 10.3. The monoisotopic (exact) mass is 249 g/mol. The van der Waals surface area contributed by atoms with E-state index in [0.717, 1.165) is 18.4 Å². The van der Waals surface area contributed by atoms with Gasteiger partial charge >= 0.3 is 0 Å². The lowest BCUT2D eigenvalue weighted by molar-refractivity contribution is -0.121. The van der Waals surface area contributed by atoms with Crippen molar-refractivity contribution in [2.45, 2.75) is 31.7 Å². The molecule has 1 aliphatic carbocycles. The molecule has 3 N–H and O–H groups in total. The van der Waals surface area contributed by atoms with E-state index in [4.69, 9.17) is 5.11 Å². The third kappa shape index (κ3) is 3.74. The van der Waals surface area contributed by atoms with Crippen LogP contribution in [0.25, 0.3) is 0 Å². The summed E-state index contributed by atoms with van der Waals surface area (Å²) in [5, 5.41) is 21.3. The highest BCUT2D eigenvalue weighted by Gasteiger charge is 2.31. The van der Waals surface area contributed by atoms with Crippen molar-refractivity contribution in [2.24, 2.45) is 5.92 Å². The van der Waals surface area contributed by atoms with E-state index in [1.807, 2.05) is 6.07 Å². The van der Waals surface area contributed by atoms with Crippen LogP contribution >= 0.6 is 0 Å². The van der Waals surface area contributed by atoms with Crippen molar-refractivity contribution >= 4 is 5.91 Å². The summed E-state index contributed by atoms with van der Waals surface area (Å²) in [6.45, 7) is 0.105. The number of amides is 1. The molecule has 4 heteroatoms. The van der Waals surface area contributed by atoms with Crippen LogP contribution in [0.1, 0.15) is 24.8 Å². The van der Waals surface area contributed by atoms with E-state index in [9.17, 15) is 9.90 Å². The number of rotatable bonds is 6. The molecular weight excluding hydrogens is 230 g/mol. The maximum atomic E-state index is 11.9. The van der Waals surface area contributed by atoms with E-state index < -0.39 is 0 Å². The molecule has 1 aromatic rings. The maximum absolute atomic E-state index is 11.9. The fourth-order valence-corrected chi connectivity index (χ4v) is 2.17. The van der Waals surface area contributed by atoms with Crippen molar-refractivity contribution in [1.82, 2.24) is 5.32 Å². The predicted molar refractivity (Wildman–Crippen MR) is 68.2 cm³/mol. The standard InChI is InChI=1S/C14H19NO3/c16-7-6-13(11-4-5-11)15-14(18)9-10-2-1-3-12(17)8-10/h1-3,8,11,13,16-17H,4-7,9H2,(H,15,18)/t13-/m0/s1. The molecule has 0 bridgehead atoms. The summed E-state index contributed by atoms with van der Waals surface area (Å²) in [5.41, 5.74) is 0.797. The zero-order valence-electron chi connectivity index (χ0n) is 10.3. The highest BCUT2D eigenvalue weighted by atomic mass is 16.3. The van der Waals surface area contributed by atoms with Crippen LogP contribution in [0.15, 0.2) is 24.3 Å². The molecule has 0 aliphatic heterocycles. The van der Waals surface area contributed by atoms with Crippen molar-refractivity contribution in [3.05, 3.63) is 29.8 Å². The molecule has 0 radical (unpaired) electrons. The molecule has 2 rings (SSSR count). The number of hydrogen-bond donors (Lipinski definition) is 3. The summed E-state index contributed by atoms with van der Waals surface area (Å²) in [4.78, 5) is 11.9. The van der Waals surface area contributed by atoms with E-state index in [2.05, 4.69) is 5.32 Å². The summed E-state index contributed by atoms with van der Waals surface area (Å²) >= 11 is 0. The average molecular weight is 249 g/mol. The normalized spacial score (nSPS) is 16.3. The van der Waals surface area contributed by atoms with Crippen LogP contribution in [0, 0.1) is 5.92 Å². The Labute approximate surface area is 107 Å². The Kier molecular flexibility index (Phi) is 4.20. The molecule has 1 atom stereocenters. The number of nitrogens with one attached hydrogen (secondary N) is 1. The van der Waals surface area contributed by atoms with Crippen LogP contribution in [-0.2, 0) is 11.2 Å². The minimum Gasteiger partial charge on any atom is -0.508 e. The SMILES string of the molecule is O=C(Cc1cccc(O)c1)N[C@@H](CCO)C1CC1. The Bertz CT molecular complexity index is 415. The smallest absolute Gasteiger partial charge is 0.224 e. The van der Waals surface area contributed by atoms with Crippen LogP contribution in [0.4, 0.5) is 0 Å². The van der Waals surface area contributed by atoms with Crippen molar-refractivity contribution in [1.29, 1.82) is 0 Å². The molecule has 1 fully saturated rings. The molecule has 4 nitrogen and oxygen atoms in total. The van der Waals surface area contributed by atoms with E-state index in [1.54, 1.807) is 18.2 Å². The average Bonchev–Trinajstić information content (AvgIpc) is 3.12. The Morgan fingerprint density at radius 3 is 2.83 bits per heavy atom. The second kappa shape index (κ2) is 5.87. The van der Waals surface area contributed by atoms with Crippen molar-refractivity contribution in [2.75, 3.05) is 6.61 Å². The van der Waals surface area contributed by atoms with E-state index in [0.29, 0.717) is 12.3 Å². The third-order valence-corrected chi connectivity index (χ3v) is 3.25. The van der Waals surface area contributed by atoms with Gasteiger partial charge in [0, 0.05) is 12.6 Å². The van der Waals surface area contributed by atoms with Crippen LogP contribution in [0.2, 0.25) is 0 Å². The number of aliphatic hydroxyl groups excluding tert-OH is 1. The first kappa shape index (κ1) is 12.9. The van der Waals surface area contributed by atoms with Gasteiger partial charge in [-0.05, 0) is 42.9 Å². The number of hydrogen-bond acceptors (Lipinski definition) is 3. The Balaban J connectivity index is 1.87. The van der Waals surface area contributed by atoms with Crippen LogP contribution < -0.4 is 5.32 Å². The van der Waals surface area contributed by atoms with Crippen molar-refractivity contribution in [3.8, 4) is 5.75 Å². The lowest BCUT2D eigenvalue weighted by Crippen LogP contribution is -2.38. The molecule has 0 aromatic heterocycles. The molecule has 1 aromatic carbocycles. The lowest BCUT2D eigenvalue weighted by atomic mass is 10.1. The van der Waals surface area contributed by atoms with E-state index in [-0.39, 0.29) is 30.7 Å². The quantitative estimate of drug-likeness (QED) is 0.710. The number of carbonyl (C=O) groups is 1. The molecule has 1 saturated carbocycles. The summed E-state index contributed by atoms with van der Waals surface area (Å²) in [7, 11) is 0. The molecule has 18 heavy (non-hydrogen) atoms. The third-order valence-electron chi connectivity index (χ3n) is 3.25. The Morgan fingerprint density at radius 1 is 1.44 bits per heavy atom. The molecular formula is C14H19NO3. The van der Waals surface area contributed by atoms with Gasteiger partial charge in [-0.15, -0.1) is 0 Å². The second-order valence-electron chi connectivity index (χ2n) is 4.87. The fourth-order valence-electron chi connectivity index (χ4n) is 2.17. The number of aromatic hydroxyl groups is 1. The van der Waals surface area contributed by atoms with Gasteiger partial charge in [0.25, 0.3) is 0 Å². The number of carbonyl (C=O) groups excluding carboxylic acids is 1. The first-order valence-electron chi connectivity index (χ1n) is 6.37. The molecule has 0 unspecified atom stereocenters. The number of phenols is 1. The van der Waals surface area contributed by atoms with Gasteiger partial charge in [-0.1, -0.05) is 12.1 Å². The molecule has 1 amide bonds. The van der Waals surface area contributed by atoms with Gasteiger partial charge < -0.3 is 15.5 Å². The van der Waals surface area contributed by atoms with Gasteiger partial charge in [0.1, 0.15) is 5.75 Å². The van der Waals surface area contributed by atoms with Gasteiger partial charge in [0.15, 0.2) is 0 Å². The summed E-state index contributed by atoms with van der Waals surface area (Å²) in [6.07, 6.45) is 3.16. The van der Waals surface area contributed by atoms with Crippen LogP contribution in [-0.4, -0.2) is 28.8 Å². The van der Waals surface area contributed by atoms with Crippen molar-refractivity contribution in [3.63, 3.8) is 0 Å². The number of aliphatic hydroxyl groups is 1. The fraction of sp³-hybridized carbons (Fsp3) is 0.500. The summed E-state index contributed by atoms with van der Waals surface area (Å²) in [5.74, 6) is 0.658. The van der Waals surface area contributed by atoms with Crippen LogP contribution in [0.5, 0.6) is 5.75 Å². The highest BCUT2D eigenvalue weighted by molar-refractivity contribution is 5.79. The first-order valence-corrected chi connectivity index (χ1v) is 6.37. The van der Waals surface area contributed by atoms with Gasteiger partial charge in [-0.25, -0.2) is 0 Å². The minimum absolute atomic E-state index is 0.0500. The molecule has 1 aliphatic rings. The summed E-state index contributed by atoms with van der Waals surface area (Å²) in [6, 6.07) is 6.82. The van der Waals surface area contributed by atoms with E-state index >= 15 is 0 Å². The van der Waals surface area contributed by atoms with Crippen LogP contribution in [0.3, 0.4) is 0 Å².